The van der Waals surface area contributed by atoms with Crippen molar-refractivity contribution in [3.8, 4) is 22.6 Å². The maximum absolute atomic E-state index is 5.06. The van der Waals surface area contributed by atoms with Crippen LogP contribution in [0.4, 0.5) is 0 Å². The van der Waals surface area contributed by atoms with Crippen molar-refractivity contribution < 1.29 is 0 Å². The lowest BCUT2D eigenvalue weighted by molar-refractivity contribution is 1.24. The third-order valence-corrected chi connectivity index (χ3v) is 5.65. The van der Waals surface area contributed by atoms with Crippen LogP contribution in [0.2, 0.25) is 0 Å². The average Bonchev–Trinajstić information content (AvgIpc) is 2.83. The summed E-state index contributed by atoms with van der Waals surface area (Å²) in [5.41, 5.74) is 4.09. The minimum Gasteiger partial charge on any atom is -0.227 e. The van der Waals surface area contributed by atoms with Crippen molar-refractivity contribution in [1.29, 1.82) is 0 Å². The molecule has 0 saturated heterocycles. The summed E-state index contributed by atoms with van der Waals surface area (Å²) >= 11 is 0. The molecule has 0 aliphatic carbocycles. The van der Waals surface area contributed by atoms with E-state index >= 15 is 0 Å². The quantitative estimate of drug-likeness (QED) is 0.294. The smallest absolute Gasteiger partial charge is 0.160 e. The second kappa shape index (κ2) is 6.78. The molecule has 30 heavy (non-hydrogen) atoms. The highest BCUT2D eigenvalue weighted by molar-refractivity contribution is 6.09. The minimum atomic E-state index is 0.753. The molecule has 0 unspecified atom stereocenters. The lowest BCUT2D eigenvalue weighted by atomic mass is 10.0. The number of benzene rings is 5. The van der Waals surface area contributed by atoms with Gasteiger partial charge < -0.3 is 0 Å². The number of hydrogen-bond donors (Lipinski definition) is 0. The molecule has 0 aliphatic rings. The molecule has 0 N–H and O–H groups in total. The molecular formula is C28H18N2. The van der Waals surface area contributed by atoms with E-state index in [4.69, 9.17) is 9.97 Å². The van der Waals surface area contributed by atoms with Gasteiger partial charge in [0, 0.05) is 21.9 Å². The zero-order chi connectivity index (χ0) is 19.9. The molecule has 0 amide bonds. The lowest BCUT2D eigenvalue weighted by Crippen LogP contribution is -1.96. The molecule has 0 bridgehead atoms. The summed E-state index contributed by atoms with van der Waals surface area (Å²) in [7, 11) is 0. The van der Waals surface area contributed by atoms with Gasteiger partial charge in [-0.3, -0.25) is 0 Å². The van der Waals surface area contributed by atoms with E-state index in [1.54, 1.807) is 0 Å². The highest BCUT2D eigenvalue weighted by Gasteiger charge is 2.13. The molecular weight excluding hydrogens is 364 g/mol. The first-order chi connectivity index (χ1) is 14.9. The Kier molecular flexibility index (Phi) is 3.82. The fraction of sp³-hybridized carbons (Fsp3) is 0. The van der Waals surface area contributed by atoms with Crippen LogP contribution < -0.4 is 0 Å². The highest BCUT2D eigenvalue weighted by Crippen LogP contribution is 2.33. The second-order valence-corrected chi connectivity index (χ2v) is 7.51. The number of rotatable bonds is 2. The van der Waals surface area contributed by atoms with Crippen LogP contribution in [0.15, 0.2) is 109 Å². The van der Waals surface area contributed by atoms with Crippen LogP contribution in [-0.4, -0.2) is 9.97 Å². The third-order valence-electron chi connectivity index (χ3n) is 5.65. The van der Waals surface area contributed by atoms with Gasteiger partial charge in [0.1, 0.15) is 0 Å². The summed E-state index contributed by atoms with van der Waals surface area (Å²) in [6.07, 6.45) is 0. The van der Waals surface area contributed by atoms with Crippen LogP contribution in [-0.2, 0) is 0 Å². The highest BCUT2D eigenvalue weighted by atomic mass is 14.9. The van der Waals surface area contributed by atoms with Gasteiger partial charge in [-0.05, 0) is 28.3 Å². The fourth-order valence-electron chi connectivity index (χ4n) is 4.14. The third kappa shape index (κ3) is 2.73. The van der Waals surface area contributed by atoms with Gasteiger partial charge in [-0.25, -0.2) is 9.97 Å². The van der Waals surface area contributed by atoms with Crippen molar-refractivity contribution in [3.63, 3.8) is 0 Å². The first-order valence-electron chi connectivity index (χ1n) is 10.1. The monoisotopic (exact) mass is 382 g/mol. The molecule has 1 aromatic heterocycles. The number of hydrogen-bond acceptors (Lipinski definition) is 2. The summed E-state index contributed by atoms with van der Waals surface area (Å²) in [5, 5.41) is 5.82. The maximum atomic E-state index is 5.06. The molecule has 0 radical (unpaired) electrons. The molecule has 5 aromatic carbocycles. The largest absolute Gasteiger partial charge is 0.227 e. The Bertz CT molecular complexity index is 1540. The summed E-state index contributed by atoms with van der Waals surface area (Å²) in [5.74, 6) is 0.753. The molecule has 2 nitrogen and oxygen atoms in total. The van der Waals surface area contributed by atoms with Crippen molar-refractivity contribution in [1.82, 2.24) is 9.97 Å². The molecule has 1 heterocycles. The molecule has 6 aromatic rings. The van der Waals surface area contributed by atoms with Crippen molar-refractivity contribution in [2.24, 2.45) is 0 Å². The summed E-state index contributed by atoms with van der Waals surface area (Å²) < 4.78 is 0. The molecule has 0 fully saturated rings. The zero-order valence-electron chi connectivity index (χ0n) is 16.3. The van der Waals surface area contributed by atoms with Crippen molar-refractivity contribution in [3.05, 3.63) is 109 Å². The van der Waals surface area contributed by atoms with E-state index in [-0.39, 0.29) is 0 Å². The Labute approximate surface area is 174 Å². The Morgan fingerprint density at radius 2 is 1.13 bits per heavy atom. The van der Waals surface area contributed by atoms with Gasteiger partial charge in [-0.2, -0.15) is 0 Å². The first-order valence-corrected chi connectivity index (χ1v) is 10.1. The van der Waals surface area contributed by atoms with E-state index in [1.165, 1.54) is 16.2 Å². The fourth-order valence-corrected chi connectivity index (χ4v) is 4.14. The van der Waals surface area contributed by atoms with Gasteiger partial charge in [-0.1, -0.05) is 97.1 Å². The van der Waals surface area contributed by atoms with Crippen LogP contribution in [0.25, 0.3) is 55.1 Å². The normalized spacial score (nSPS) is 11.3. The molecule has 6 rings (SSSR count). The topological polar surface area (TPSA) is 25.8 Å². The number of aromatic nitrogens is 2. The van der Waals surface area contributed by atoms with Gasteiger partial charge in [-0.15, -0.1) is 0 Å². The molecule has 0 spiro atoms. The summed E-state index contributed by atoms with van der Waals surface area (Å²) in [6.45, 7) is 0. The Balaban J connectivity index is 1.70. The molecule has 2 heteroatoms. The maximum Gasteiger partial charge on any atom is 0.160 e. The van der Waals surface area contributed by atoms with Crippen molar-refractivity contribution in [2.75, 3.05) is 0 Å². The van der Waals surface area contributed by atoms with E-state index in [2.05, 4.69) is 103 Å². The zero-order valence-corrected chi connectivity index (χ0v) is 16.3. The van der Waals surface area contributed by atoms with E-state index in [0.29, 0.717) is 0 Å². The standard InChI is InChI=1S/C28H18N2/c1-2-10-21(11-3-1)26-25-17-16-20-9-6-7-13-24(20)27(25)30-28(29-26)23-15-14-19-8-4-5-12-22(19)18-23/h1-18H. The van der Waals surface area contributed by atoms with E-state index in [1.807, 2.05) is 6.07 Å². The number of fused-ring (bicyclic) bond motifs is 4. The Morgan fingerprint density at radius 3 is 2.00 bits per heavy atom. The van der Waals surface area contributed by atoms with Gasteiger partial charge in [0.15, 0.2) is 5.82 Å². The minimum absolute atomic E-state index is 0.753. The second-order valence-electron chi connectivity index (χ2n) is 7.51. The SMILES string of the molecule is c1ccc(-c2nc(-c3ccc4ccccc4c3)nc3c2ccc2ccccc23)cc1. The van der Waals surface area contributed by atoms with Gasteiger partial charge in [0.25, 0.3) is 0 Å². The van der Waals surface area contributed by atoms with Gasteiger partial charge in [0.2, 0.25) is 0 Å². The molecule has 0 saturated carbocycles. The summed E-state index contributed by atoms with van der Waals surface area (Å²) in [6, 6.07) is 37.9. The molecule has 140 valence electrons. The van der Waals surface area contributed by atoms with Crippen LogP contribution in [0.3, 0.4) is 0 Å². The van der Waals surface area contributed by atoms with Gasteiger partial charge in [0.05, 0.1) is 11.2 Å². The average molecular weight is 382 g/mol. The van der Waals surface area contributed by atoms with Gasteiger partial charge >= 0.3 is 0 Å². The van der Waals surface area contributed by atoms with E-state index < -0.39 is 0 Å². The molecule has 0 atom stereocenters. The number of nitrogens with zero attached hydrogens (tertiary/aromatic N) is 2. The van der Waals surface area contributed by atoms with Crippen LogP contribution in [0.1, 0.15) is 0 Å². The predicted molar refractivity (Wildman–Crippen MR) is 125 cm³/mol. The Hall–Kier alpha value is -4.04. The van der Waals surface area contributed by atoms with E-state index in [9.17, 15) is 0 Å². The Morgan fingerprint density at radius 1 is 0.433 bits per heavy atom. The molecule has 0 aliphatic heterocycles. The first kappa shape index (κ1) is 16.9. The lowest BCUT2D eigenvalue weighted by Gasteiger charge is -2.12. The van der Waals surface area contributed by atoms with Crippen molar-refractivity contribution in [2.45, 2.75) is 0 Å². The van der Waals surface area contributed by atoms with Crippen LogP contribution in [0, 0.1) is 0 Å². The van der Waals surface area contributed by atoms with E-state index in [0.717, 1.165) is 38.9 Å². The van der Waals surface area contributed by atoms with Crippen molar-refractivity contribution >= 4 is 32.4 Å². The predicted octanol–water partition coefficient (Wildman–Crippen LogP) is 7.27. The summed E-state index contributed by atoms with van der Waals surface area (Å²) in [4.78, 5) is 10.1. The van der Waals surface area contributed by atoms with Crippen LogP contribution >= 0.6 is 0 Å². The van der Waals surface area contributed by atoms with Crippen LogP contribution in [0.5, 0.6) is 0 Å².